The molecule has 0 unspecified atom stereocenters. The molecule has 0 aliphatic carbocycles. The number of hydrogen-bond acceptors (Lipinski definition) is 4. The number of anilines is 1. The first-order valence-corrected chi connectivity index (χ1v) is 7.19. The van der Waals surface area contributed by atoms with E-state index in [1.807, 2.05) is 12.1 Å². The lowest BCUT2D eigenvalue weighted by molar-refractivity contribution is 0.194. The van der Waals surface area contributed by atoms with Crippen molar-refractivity contribution in [2.24, 2.45) is 0 Å². The summed E-state index contributed by atoms with van der Waals surface area (Å²) >= 11 is 5.16. The van der Waals surface area contributed by atoms with Gasteiger partial charge in [-0.1, -0.05) is 27.3 Å². The Hall–Kier alpha value is -0.650. The van der Waals surface area contributed by atoms with Crippen LogP contribution >= 0.6 is 27.3 Å². The van der Waals surface area contributed by atoms with Crippen molar-refractivity contribution in [3.05, 3.63) is 22.7 Å². The zero-order valence-electron chi connectivity index (χ0n) is 9.70. The topological polar surface area (TPSA) is 34.1 Å². The molecule has 92 valence electrons. The van der Waals surface area contributed by atoms with Crippen molar-refractivity contribution < 1.29 is 4.74 Å². The molecule has 1 N–H and O–H groups in total. The van der Waals surface area contributed by atoms with Crippen LogP contribution in [0.5, 0.6) is 0 Å². The Morgan fingerprint density at radius 1 is 1.41 bits per heavy atom. The number of thiazole rings is 1. The molecule has 1 aromatic heterocycles. The number of unbranched alkanes of at least 4 members (excludes halogenated alkanes) is 1. The van der Waals surface area contributed by atoms with Crippen LogP contribution < -0.4 is 5.32 Å². The number of aromatic nitrogens is 1. The molecule has 0 aliphatic rings. The van der Waals surface area contributed by atoms with Crippen LogP contribution in [-0.2, 0) is 4.74 Å². The molecule has 0 saturated carbocycles. The molecule has 0 aliphatic heterocycles. The molecular weight excluding hydrogens is 300 g/mol. The molecule has 17 heavy (non-hydrogen) atoms. The molecule has 5 heteroatoms. The van der Waals surface area contributed by atoms with Crippen molar-refractivity contribution in [1.82, 2.24) is 4.98 Å². The molecule has 0 amide bonds. The predicted molar refractivity (Wildman–Crippen MR) is 76.9 cm³/mol. The minimum Gasteiger partial charge on any atom is -0.385 e. The van der Waals surface area contributed by atoms with E-state index in [4.69, 9.17) is 4.74 Å². The van der Waals surface area contributed by atoms with Gasteiger partial charge in [0.2, 0.25) is 0 Å². The van der Waals surface area contributed by atoms with Crippen LogP contribution in [0.1, 0.15) is 12.8 Å². The highest BCUT2D eigenvalue weighted by Crippen LogP contribution is 2.28. The molecule has 2 rings (SSSR count). The van der Waals surface area contributed by atoms with Crippen molar-refractivity contribution >= 4 is 42.6 Å². The number of halogens is 1. The van der Waals surface area contributed by atoms with E-state index in [1.54, 1.807) is 18.4 Å². The second-order valence-corrected chi connectivity index (χ2v) is 5.70. The Balaban J connectivity index is 1.91. The Morgan fingerprint density at radius 2 is 2.29 bits per heavy atom. The van der Waals surface area contributed by atoms with Gasteiger partial charge in [-0.15, -0.1) is 0 Å². The van der Waals surface area contributed by atoms with Crippen LogP contribution in [0.4, 0.5) is 5.13 Å². The average molecular weight is 315 g/mol. The zero-order chi connectivity index (χ0) is 12.1. The van der Waals surface area contributed by atoms with Crippen molar-refractivity contribution in [2.75, 3.05) is 25.6 Å². The number of ether oxygens (including phenoxy) is 1. The standard InChI is InChI=1S/C12H15BrN2OS/c1-16-7-3-2-6-14-12-15-10-5-4-9(13)8-11(10)17-12/h4-5,8H,2-3,6-7H2,1H3,(H,14,15). The third kappa shape index (κ3) is 3.66. The molecule has 0 saturated heterocycles. The minimum atomic E-state index is 0.828. The van der Waals surface area contributed by atoms with Crippen LogP contribution in [0.15, 0.2) is 22.7 Å². The fourth-order valence-electron chi connectivity index (χ4n) is 1.54. The fraction of sp³-hybridized carbons (Fsp3) is 0.417. The van der Waals surface area contributed by atoms with Gasteiger partial charge in [0.15, 0.2) is 5.13 Å². The molecule has 3 nitrogen and oxygen atoms in total. The Kier molecular flexibility index (Phi) is 4.76. The van der Waals surface area contributed by atoms with Gasteiger partial charge in [-0.2, -0.15) is 0 Å². The van der Waals surface area contributed by atoms with Gasteiger partial charge in [-0.25, -0.2) is 4.98 Å². The second kappa shape index (κ2) is 6.33. The summed E-state index contributed by atoms with van der Waals surface area (Å²) < 4.78 is 7.31. The van der Waals surface area contributed by atoms with E-state index < -0.39 is 0 Å². The lowest BCUT2D eigenvalue weighted by atomic mass is 10.3. The van der Waals surface area contributed by atoms with Gasteiger partial charge in [0.1, 0.15) is 0 Å². The third-order valence-electron chi connectivity index (χ3n) is 2.40. The molecule has 0 spiro atoms. The molecule has 0 fully saturated rings. The number of nitrogens with one attached hydrogen (secondary N) is 1. The van der Waals surface area contributed by atoms with Gasteiger partial charge in [0.05, 0.1) is 10.2 Å². The summed E-state index contributed by atoms with van der Waals surface area (Å²) in [5.41, 5.74) is 1.05. The molecule has 0 bridgehead atoms. The first-order valence-electron chi connectivity index (χ1n) is 5.58. The maximum atomic E-state index is 5.01. The van der Waals surface area contributed by atoms with Crippen LogP contribution in [0, 0.1) is 0 Å². The minimum absolute atomic E-state index is 0.828. The summed E-state index contributed by atoms with van der Waals surface area (Å²) in [5, 5.41) is 4.34. The Bertz CT molecular complexity index is 486. The van der Waals surface area contributed by atoms with E-state index in [0.29, 0.717) is 0 Å². The maximum absolute atomic E-state index is 5.01. The number of benzene rings is 1. The van der Waals surface area contributed by atoms with Crippen LogP contribution in [0.2, 0.25) is 0 Å². The van der Waals surface area contributed by atoms with E-state index in [9.17, 15) is 0 Å². The van der Waals surface area contributed by atoms with E-state index >= 15 is 0 Å². The van der Waals surface area contributed by atoms with Gasteiger partial charge in [-0.3, -0.25) is 0 Å². The smallest absolute Gasteiger partial charge is 0.183 e. The number of rotatable bonds is 6. The van der Waals surface area contributed by atoms with Crippen molar-refractivity contribution in [1.29, 1.82) is 0 Å². The lowest BCUT2D eigenvalue weighted by Crippen LogP contribution is -2.02. The maximum Gasteiger partial charge on any atom is 0.183 e. The molecule has 1 aromatic carbocycles. The van der Waals surface area contributed by atoms with Crippen molar-refractivity contribution in [3.63, 3.8) is 0 Å². The second-order valence-electron chi connectivity index (χ2n) is 3.76. The molecule has 0 atom stereocenters. The summed E-state index contributed by atoms with van der Waals surface area (Å²) in [7, 11) is 1.73. The first kappa shape index (κ1) is 12.8. The van der Waals surface area contributed by atoms with Crippen LogP contribution in [-0.4, -0.2) is 25.2 Å². The van der Waals surface area contributed by atoms with Gasteiger partial charge in [0, 0.05) is 24.7 Å². The van der Waals surface area contributed by atoms with Gasteiger partial charge < -0.3 is 10.1 Å². The summed E-state index contributed by atoms with van der Waals surface area (Å²) in [6.45, 7) is 1.78. The lowest BCUT2D eigenvalue weighted by Gasteiger charge is -2.01. The van der Waals surface area contributed by atoms with Crippen LogP contribution in [0.25, 0.3) is 10.2 Å². The monoisotopic (exact) mass is 314 g/mol. The summed E-state index contributed by atoms with van der Waals surface area (Å²) in [6, 6.07) is 6.15. The van der Waals surface area contributed by atoms with E-state index in [-0.39, 0.29) is 0 Å². The average Bonchev–Trinajstić information content (AvgIpc) is 2.70. The molecular formula is C12H15BrN2OS. The van der Waals surface area contributed by atoms with E-state index in [0.717, 1.165) is 41.1 Å². The van der Waals surface area contributed by atoms with Gasteiger partial charge in [-0.05, 0) is 31.0 Å². The summed E-state index contributed by atoms with van der Waals surface area (Å²) in [4.78, 5) is 4.53. The number of hydrogen-bond donors (Lipinski definition) is 1. The van der Waals surface area contributed by atoms with Crippen LogP contribution in [0.3, 0.4) is 0 Å². The van der Waals surface area contributed by atoms with E-state index in [2.05, 4.69) is 32.3 Å². The molecule has 2 aromatic rings. The van der Waals surface area contributed by atoms with E-state index in [1.165, 1.54) is 4.70 Å². The molecule has 0 radical (unpaired) electrons. The van der Waals surface area contributed by atoms with Crippen molar-refractivity contribution in [2.45, 2.75) is 12.8 Å². The van der Waals surface area contributed by atoms with Gasteiger partial charge in [0.25, 0.3) is 0 Å². The quantitative estimate of drug-likeness (QED) is 0.821. The summed E-state index contributed by atoms with van der Waals surface area (Å²) in [5.74, 6) is 0. The first-order chi connectivity index (χ1) is 8.29. The predicted octanol–water partition coefficient (Wildman–Crippen LogP) is 3.90. The van der Waals surface area contributed by atoms with Gasteiger partial charge >= 0.3 is 0 Å². The largest absolute Gasteiger partial charge is 0.385 e. The summed E-state index contributed by atoms with van der Waals surface area (Å²) in [6.07, 6.45) is 2.19. The highest BCUT2D eigenvalue weighted by atomic mass is 79.9. The number of nitrogens with zero attached hydrogens (tertiary/aromatic N) is 1. The number of fused-ring (bicyclic) bond motifs is 1. The normalized spacial score (nSPS) is 10.9. The Labute approximate surface area is 113 Å². The molecule has 1 heterocycles. The Morgan fingerprint density at radius 3 is 3.12 bits per heavy atom. The van der Waals surface area contributed by atoms with Crippen molar-refractivity contribution in [3.8, 4) is 0 Å². The highest BCUT2D eigenvalue weighted by Gasteiger charge is 2.03. The number of methoxy groups -OCH3 is 1. The zero-order valence-corrected chi connectivity index (χ0v) is 12.1. The fourth-order valence-corrected chi connectivity index (χ4v) is 2.98. The highest BCUT2D eigenvalue weighted by molar-refractivity contribution is 9.10. The third-order valence-corrected chi connectivity index (χ3v) is 3.87. The SMILES string of the molecule is COCCCCNc1nc2ccc(Br)cc2s1.